The Labute approximate surface area is 95.1 Å². The lowest BCUT2D eigenvalue weighted by Crippen LogP contribution is -2.38. The second-order valence-electron chi connectivity index (χ2n) is 4.54. The van der Waals surface area contributed by atoms with Gasteiger partial charge in [-0.25, -0.2) is 4.39 Å². The van der Waals surface area contributed by atoms with Crippen molar-refractivity contribution in [2.75, 3.05) is 0 Å². The minimum absolute atomic E-state index is 0.0116. The second kappa shape index (κ2) is 4.24. The second-order valence-corrected chi connectivity index (χ2v) is 4.54. The number of nitrogens with zero attached hydrogens (tertiary/aromatic N) is 1. The molecule has 0 aliphatic heterocycles. The molecule has 0 bridgehead atoms. The predicted octanol–water partition coefficient (Wildman–Crippen LogP) is 2.84. The number of halogens is 1. The van der Waals surface area contributed by atoms with E-state index < -0.39 is 0 Å². The summed E-state index contributed by atoms with van der Waals surface area (Å²) in [4.78, 5) is 14.1. The number of benzene rings is 1. The third-order valence-electron chi connectivity index (χ3n) is 2.82. The maximum Gasteiger partial charge on any atom is 0.254 e. The summed E-state index contributed by atoms with van der Waals surface area (Å²) in [5.41, 5.74) is 0.571. The van der Waals surface area contributed by atoms with E-state index in [1.807, 2.05) is 18.7 Å². The van der Waals surface area contributed by atoms with Crippen molar-refractivity contribution in [3.8, 4) is 0 Å². The van der Waals surface area contributed by atoms with Gasteiger partial charge in [0.1, 0.15) is 5.82 Å². The lowest BCUT2D eigenvalue weighted by Gasteiger charge is -2.26. The molecule has 2 rings (SSSR count). The zero-order chi connectivity index (χ0) is 11.7. The highest BCUT2D eigenvalue weighted by molar-refractivity contribution is 5.94. The number of carbonyl (C=O) groups is 1. The summed E-state index contributed by atoms with van der Waals surface area (Å²) in [7, 11) is 0. The van der Waals surface area contributed by atoms with Gasteiger partial charge in [-0.2, -0.15) is 0 Å². The van der Waals surface area contributed by atoms with E-state index in [1.54, 1.807) is 12.1 Å². The van der Waals surface area contributed by atoms with E-state index in [-0.39, 0.29) is 17.8 Å². The molecule has 0 aromatic heterocycles. The lowest BCUT2D eigenvalue weighted by atomic mass is 10.1. The fourth-order valence-corrected chi connectivity index (χ4v) is 1.92. The van der Waals surface area contributed by atoms with Gasteiger partial charge in [-0.1, -0.05) is 0 Å². The molecule has 1 aliphatic carbocycles. The van der Waals surface area contributed by atoms with Gasteiger partial charge in [0.25, 0.3) is 5.91 Å². The fourth-order valence-electron chi connectivity index (χ4n) is 1.92. The number of carbonyl (C=O) groups excluding carboxylic acids is 1. The van der Waals surface area contributed by atoms with Crippen LogP contribution in [0.25, 0.3) is 0 Å². The van der Waals surface area contributed by atoms with E-state index in [9.17, 15) is 9.18 Å². The van der Waals surface area contributed by atoms with Gasteiger partial charge in [-0.05, 0) is 51.0 Å². The molecule has 1 aromatic rings. The summed E-state index contributed by atoms with van der Waals surface area (Å²) in [6.07, 6.45) is 2.18. The van der Waals surface area contributed by atoms with Crippen molar-refractivity contribution < 1.29 is 9.18 Å². The van der Waals surface area contributed by atoms with Crippen molar-refractivity contribution in [2.45, 2.75) is 38.8 Å². The number of amides is 1. The van der Waals surface area contributed by atoms with Crippen molar-refractivity contribution in [1.29, 1.82) is 0 Å². The minimum Gasteiger partial charge on any atom is -0.333 e. The Bertz CT molecular complexity index is 379. The Morgan fingerprint density at radius 2 is 1.88 bits per heavy atom. The van der Waals surface area contributed by atoms with Crippen LogP contribution in [0.15, 0.2) is 24.3 Å². The summed E-state index contributed by atoms with van der Waals surface area (Å²) in [5, 5.41) is 0. The summed E-state index contributed by atoms with van der Waals surface area (Å²) in [6.45, 7) is 4.03. The van der Waals surface area contributed by atoms with E-state index in [2.05, 4.69) is 0 Å². The van der Waals surface area contributed by atoms with Crippen LogP contribution in [0.2, 0.25) is 0 Å². The number of hydrogen-bond donors (Lipinski definition) is 0. The highest BCUT2D eigenvalue weighted by Gasteiger charge is 2.34. The average Bonchev–Trinajstić information content (AvgIpc) is 3.02. The van der Waals surface area contributed by atoms with Crippen molar-refractivity contribution in [2.24, 2.45) is 0 Å². The molecule has 1 fully saturated rings. The molecule has 86 valence electrons. The fraction of sp³-hybridized carbons (Fsp3) is 0.462. The van der Waals surface area contributed by atoms with Crippen LogP contribution in [0.3, 0.4) is 0 Å². The first-order valence-corrected chi connectivity index (χ1v) is 5.68. The number of hydrogen-bond acceptors (Lipinski definition) is 1. The summed E-state index contributed by atoms with van der Waals surface area (Å²) in [5.74, 6) is -0.295. The largest absolute Gasteiger partial charge is 0.333 e. The molecule has 1 aliphatic rings. The lowest BCUT2D eigenvalue weighted by molar-refractivity contribution is 0.0690. The zero-order valence-electron chi connectivity index (χ0n) is 9.61. The molecule has 0 N–H and O–H groups in total. The first kappa shape index (κ1) is 11.1. The molecule has 0 saturated heterocycles. The molecule has 0 unspecified atom stereocenters. The van der Waals surface area contributed by atoms with Crippen molar-refractivity contribution >= 4 is 5.91 Å². The maximum atomic E-state index is 12.8. The average molecular weight is 221 g/mol. The molecular weight excluding hydrogens is 205 g/mol. The zero-order valence-corrected chi connectivity index (χ0v) is 9.61. The molecule has 16 heavy (non-hydrogen) atoms. The van der Waals surface area contributed by atoms with Crippen LogP contribution in [0, 0.1) is 5.82 Å². The van der Waals surface area contributed by atoms with E-state index in [0.29, 0.717) is 11.6 Å². The molecule has 0 heterocycles. The Morgan fingerprint density at radius 3 is 2.31 bits per heavy atom. The molecular formula is C13H16FNO. The molecule has 2 nitrogen and oxygen atoms in total. The molecule has 1 saturated carbocycles. The van der Waals surface area contributed by atoms with Crippen LogP contribution < -0.4 is 0 Å². The van der Waals surface area contributed by atoms with E-state index in [0.717, 1.165) is 12.8 Å². The van der Waals surface area contributed by atoms with Crippen LogP contribution in [-0.2, 0) is 0 Å². The van der Waals surface area contributed by atoms with Gasteiger partial charge in [0, 0.05) is 17.6 Å². The van der Waals surface area contributed by atoms with Gasteiger partial charge in [0.05, 0.1) is 0 Å². The van der Waals surface area contributed by atoms with Crippen LogP contribution in [0.5, 0.6) is 0 Å². The molecule has 1 aromatic carbocycles. The third kappa shape index (κ3) is 2.23. The van der Waals surface area contributed by atoms with E-state index in [4.69, 9.17) is 0 Å². The first-order chi connectivity index (χ1) is 7.59. The SMILES string of the molecule is CC(C)N(C(=O)c1ccc(F)cc1)C1CC1. The topological polar surface area (TPSA) is 20.3 Å². The molecule has 0 radical (unpaired) electrons. The van der Waals surface area contributed by atoms with Crippen molar-refractivity contribution in [1.82, 2.24) is 4.90 Å². The Hall–Kier alpha value is -1.38. The highest BCUT2D eigenvalue weighted by Crippen LogP contribution is 2.30. The first-order valence-electron chi connectivity index (χ1n) is 5.68. The van der Waals surface area contributed by atoms with E-state index >= 15 is 0 Å². The summed E-state index contributed by atoms with van der Waals surface area (Å²) in [6, 6.07) is 6.35. The van der Waals surface area contributed by atoms with E-state index in [1.165, 1.54) is 12.1 Å². The highest BCUT2D eigenvalue weighted by atomic mass is 19.1. The van der Waals surface area contributed by atoms with Crippen LogP contribution in [-0.4, -0.2) is 22.9 Å². The normalized spacial score (nSPS) is 15.2. The molecule has 3 heteroatoms. The Balaban J connectivity index is 2.19. The van der Waals surface area contributed by atoms with Gasteiger partial charge >= 0.3 is 0 Å². The van der Waals surface area contributed by atoms with Gasteiger partial charge in [-0.15, -0.1) is 0 Å². The Morgan fingerprint density at radius 1 is 1.31 bits per heavy atom. The van der Waals surface area contributed by atoms with Crippen molar-refractivity contribution in [3.63, 3.8) is 0 Å². The van der Waals surface area contributed by atoms with Gasteiger partial charge in [0.15, 0.2) is 0 Å². The molecule has 0 atom stereocenters. The smallest absolute Gasteiger partial charge is 0.254 e. The van der Waals surface area contributed by atoms with Gasteiger partial charge < -0.3 is 4.90 Å². The standard InChI is InChI=1S/C13H16FNO/c1-9(2)15(12-7-8-12)13(16)10-3-5-11(14)6-4-10/h3-6,9,12H,7-8H2,1-2H3. The third-order valence-corrected chi connectivity index (χ3v) is 2.82. The van der Waals surface area contributed by atoms with Gasteiger partial charge in [0.2, 0.25) is 0 Å². The van der Waals surface area contributed by atoms with Crippen LogP contribution >= 0.6 is 0 Å². The monoisotopic (exact) mass is 221 g/mol. The van der Waals surface area contributed by atoms with Crippen LogP contribution in [0.1, 0.15) is 37.0 Å². The molecule has 1 amide bonds. The minimum atomic E-state index is -0.306. The predicted molar refractivity (Wildman–Crippen MR) is 60.7 cm³/mol. The van der Waals surface area contributed by atoms with Crippen LogP contribution in [0.4, 0.5) is 4.39 Å². The quantitative estimate of drug-likeness (QED) is 0.768. The summed E-state index contributed by atoms with van der Waals surface area (Å²) >= 11 is 0. The maximum absolute atomic E-state index is 12.8. The van der Waals surface area contributed by atoms with Gasteiger partial charge in [-0.3, -0.25) is 4.79 Å². The van der Waals surface area contributed by atoms with Crippen molar-refractivity contribution in [3.05, 3.63) is 35.6 Å². The number of rotatable bonds is 3. The Kier molecular flexibility index (Phi) is 2.95. The molecule has 0 spiro atoms. The summed E-state index contributed by atoms with van der Waals surface area (Å²) < 4.78 is 12.8.